The highest BCUT2D eigenvalue weighted by molar-refractivity contribution is 6.83. The van der Waals surface area contributed by atoms with Crippen molar-refractivity contribution in [3.8, 4) is 11.5 Å². The normalized spacial score (nSPS) is 11.9. The summed E-state index contributed by atoms with van der Waals surface area (Å²) in [5, 5.41) is 0.262. The Labute approximate surface area is 105 Å². The van der Waals surface area contributed by atoms with E-state index in [9.17, 15) is 13.2 Å². The lowest BCUT2D eigenvalue weighted by molar-refractivity contribution is -0.137. The molecule has 0 saturated carbocycles. The van der Waals surface area contributed by atoms with Gasteiger partial charge in [0.2, 0.25) is 0 Å². The van der Waals surface area contributed by atoms with Crippen LogP contribution in [0, 0.1) is 11.5 Å². The lowest BCUT2D eigenvalue weighted by Gasteiger charge is -2.10. The number of halogens is 4. The van der Waals surface area contributed by atoms with Crippen LogP contribution in [0.5, 0.6) is 0 Å². The van der Waals surface area contributed by atoms with Gasteiger partial charge in [-0.15, -0.1) is 5.54 Å². The summed E-state index contributed by atoms with van der Waals surface area (Å²) in [6, 6.07) is 3.46. The summed E-state index contributed by atoms with van der Waals surface area (Å²) in [5.41, 5.74) is 2.13. The average molecular weight is 277 g/mol. The first kappa shape index (κ1) is 14.1. The van der Waals surface area contributed by atoms with Crippen molar-refractivity contribution in [2.24, 2.45) is 0 Å². The van der Waals surface area contributed by atoms with Crippen molar-refractivity contribution in [1.29, 1.82) is 0 Å². The van der Waals surface area contributed by atoms with Gasteiger partial charge in [0.05, 0.1) is 5.56 Å². The van der Waals surface area contributed by atoms with E-state index in [0.717, 1.165) is 6.07 Å². The van der Waals surface area contributed by atoms with Gasteiger partial charge in [-0.2, -0.15) is 13.2 Å². The summed E-state index contributed by atoms with van der Waals surface area (Å²) in [6.45, 7) is 5.91. The van der Waals surface area contributed by atoms with Gasteiger partial charge >= 0.3 is 6.18 Å². The Hall–Kier alpha value is -0.923. The molecule has 0 N–H and O–H groups in total. The van der Waals surface area contributed by atoms with Crippen molar-refractivity contribution in [2.75, 3.05) is 0 Å². The molecule has 0 amide bonds. The Morgan fingerprint density at radius 1 is 1.18 bits per heavy atom. The second-order valence-corrected chi connectivity index (χ2v) is 9.87. The first-order chi connectivity index (χ1) is 7.59. The van der Waals surface area contributed by atoms with Crippen molar-refractivity contribution in [2.45, 2.75) is 25.8 Å². The van der Waals surface area contributed by atoms with Crippen LogP contribution in [0.15, 0.2) is 18.2 Å². The molecule has 0 heterocycles. The number of hydrogen-bond acceptors (Lipinski definition) is 0. The van der Waals surface area contributed by atoms with Crippen LogP contribution in [0.2, 0.25) is 24.7 Å². The Morgan fingerprint density at radius 3 is 2.24 bits per heavy atom. The van der Waals surface area contributed by atoms with Gasteiger partial charge in [-0.25, -0.2) is 0 Å². The quantitative estimate of drug-likeness (QED) is 0.480. The minimum absolute atomic E-state index is 0.0487. The molecule has 0 aliphatic carbocycles. The molecule has 92 valence electrons. The highest BCUT2D eigenvalue weighted by atomic mass is 35.5. The summed E-state index contributed by atoms with van der Waals surface area (Å²) in [6.07, 6.45) is -4.39. The third kappa shape index (κ3) is 4.45. The zero-order valence-electron chi connectivity index (χ0n) is 9.74. The third-order valence-electron chi connectivity index (χ3n) is 1.86. The molecular weight excluding hydrogens is 265 g/mol. The molecular formula is C12H12ClF3Si. The molecule has 0 radical (unpaired) electrons. The summed E-state index contributed by atoms with van der Waals surface area (Å²) in [5.74, 6) is 2.61. The van der Waals surface area contributed by atoms with Gasteiger partial charge in [-0.3, -0.25) is 0 Å². The summed E-state index contributed by atoms with van der Waals surface area (Å²) in [7, 11) is -1.71. The van der Waals surface area contributed by atoms with E-state index in [0.29, 0.717) is 0 Å². The maximum atomic E-state index is 12.7. The fraction of sp³-hybridized carbons (Fsp3) is 0.333. The van der Waals surface area contributed by atoms with Crippen LogP contribution in [0.4, 0.5) is 13.2 Å². The van der Waals surface area contributed by atoms with Gasteiger partial charge in [0.25, 0.3) is 0 Å². The van der Waals surface area contributed by atoms with Crippen molar-refractivity contribution in [1.82, 2.24) is 0 Å². The van der Waals surface area contributed by atoms with Crippen molar-refractivity contribution in [3.05, 3.63) is 34.3 Å². The van der Waals surface area contributed by atoms with E-state index in [1.165, 1.54) is 12.1 Å². The van der Waals surface area contributed by atoms with Gasteiger partial charge in [-0.05, 0) is 18.2 Å². The summed E-state index contributed by atoms with van der Waals surface area (Å²) >= 11 is 5.69. The Bertz CT molecular complexity index is 475. The van der Waals surface area contributed by atoms with Crippen LogP contribution in [0.1, 0.15) is 11.1 Å². The lowest BCUT2D eigenvalue weighted by Crippen LogP contribution is -2.16. The number of benzene rings is 1. The molecule has 0 bridgehead atoms. The van der Waals surface area contributed by atoms with E-state index in [-0.39, 0.29) is 10.6 Å². The first-order valence-corrected chi connectivity index (χ1v) is 8.87. The molecule has 0 spiro atoms. The van der Waals surface area contributed by atoms with Crippen molar-refractivity contribution < 1.29 is 13.2 Å². The van der Waals surface area contributed by atoms with E-state index >= 15 is 0 Å². The summed E-state index contributed by atoms with van der Waals surface area (Å²) < 4.78 is 38.1. The monoisotopic (exact) mass is 276 g/mol. The second-order valence-electron chi connectivity index (χ2n) is 4.69. The zero-order valence-corrected chi connectivity index (χ0v) is 11.5. The Morgan fingerprint density at radius 2 is 1.76 bits per heavy atom. The van der Waals surface area contributed by atoms with Gasteiger partial charge in [-0.1, -0.05) is 37.2 Å². The van der Waals surface area contributed by atoms with E-state index in [4.69, 9.17) is 11.6 Å². The molecule has 1 aromatic carbocycles. The van der Waals surface area contributed by atoms with E-state index in [1.54, 1.807) is 0 Å². The van der Waals surface area contributed by atoms with Crippen LogP contribution in [0.25, 0.3) is 0 Å². The topological polar surface area (TPSA) is 0 Å². The molecule has 0 fully saturated rings. The Balaban J connectivity index is 3.30. The largest absolute Gasteiger partial charge is 0.417 e. The summed E-state index contributed by atoms with van der Waals surface area (Å²) in [4.78, 5) is 0. The zero-order chi connectivity index (χ0) is 13.3. The van der Waals surface area contributed by atoms with E-state index in [2.05, 4.69) is 11.5 Å². The van der Waals surface area contributed by atoms with Crippen LogP contribution in [-0.2, 0) is 6.18 Å². The van der Waals surface area contributed by atoms with E-state index in [1.807, 2.05) is 19.6 Å². The van der Waals surface area contributed by atoms with Gasteiger partial charge in [0.15, 0.2) is 0 Å². The molecule has 0 aromatic heterocycles. The minimum atomic E-state index is -4.39. The standard InChI is InChI=1S/C12H12ClF3Si/c1-17(2,3)7-6-9-8-10(13)4-5-11(9)12(14,15)16/h4-5,8H,1-3H3. The molecule has 1 aromatic rings. The third-order valence-corrected chi connectivity index (χ3v) is 2.97. The smallest absolute Gasteiger partial charge is 0.166 e. The second kappa shape index (κ2) is 4.75. The minimum Gasteiger partial charge on any atom is -0.166 e. The molecule has 0 aliphatic rings. The fourth-order valence-corrected chi connectivity index (χ4v) is 1.80. The maximum Gasteiger partial charge on any atom is 0.417 e. The van der Waals surface area contributed by atoms with Crippen LogP contribution < -0.4 is 0 Å². The number of rotatable bonds is 0. The van der Waals surface area contributed by atoms with Gasteiger partial charge in [0, 0.05) is 10.6 Å². The number of alkyl halides is 3. The SMILES string of the molecule is C[Si](C)(C)C#Cc1cc(Cl)ccc1C(F)(F)F. The number of hydrogen-bond donors (Lipinski definition) is 0. The van der Waals surface area contributed by atoms with E-state index < -0.39 is 19.8 Å². The molecule has 0 nitrogen and oxygen atoms in total. The molecule has 0 aliphatic heterocycles. The molecule has 1 rings (SSSR count). The molecule has 17 heavy (non-hydrogen) atoms. The first-order valence-electron chi connectivity index (χ1n) is 4.99. The Kier molecular flexibility index (Phi) is 3.95. The molecule has 0 saturated heterocycles. The highest BCUT2D eigenvalue weighted by Gasteiger charge is 2.33. The molecule has 5 heteroatoms. The highest BCUT2D eigenvalue weighted by Crippen LogP contribution is 2.32. The maximum absolute atomic E-state index is 12.7. The van der Waals surface area contributed by atoms with Crippen LogP contribution >= 0.6 is 11.6 Å². The lowest BCUT2D eigenvalue weighted by atomic mass is 10.1. The van der Waals surface area contributed by atoms with Gasteiger partial charge < -0.3 is 0 Å². The van der Waals surface area contributed by atoms with Crippen LogP contribution in [0.3, 0.4) is 0 Å². The average Bonchev–Trinajstić information content (AvgIpc) is 2.11. The predicted molar refractivity (Wildman–Crippen MR) is 66.7 cm³/mol. The van der Waals surface area contributed by atoms with Crippen LogP contribution in [-0.4, -0.2) is 8.07 Å². The van der Waals surface area contributed by atoms with Gasteiger partial charge in [0.1, 0.15) is 8.07 Å². The molecule has 0 atom stereocenters. The van der Waals surface area contributed by atoms with Crippen molar-refractivity contribution >= 4 is 19.7 Å². The predicted octanol–water partition coefficient (Wildman–Crippen LogP) is 4.59. The fourth-order valence-electron chi connectivity index (χ4n) is 1.12. The molecule has 0 unspecified atom stereocenters. The van der Waals surface area contributed by atoms with Crippen molar-refractivity contribution in [3.63, 3.8) is 0 Å².